The van der Waals surface area contributed by atoms with E-state index in [4.69, 9.17) is 34.4 Å². The molecule has 0 bridgehead atoms. The van der Waals surface area contributed by atoms with Crippen molar-refractivity contribution in [3.8, 4) is 0 Å². The van der Waals surface area contributed by atoms with Crippen molar-refractivity contribution in [2.75, 3.05) is 31.9 Å². The zero-order valence-electron chi connectivity index (χ0n) is 39.6. The van der Waals surface area contributed by atoms with Crippen molar-refractivity contribution in [3.05, 3.63) is 0 Å². The van der Waals surface area contributed by atoms with Crippen LogP contribution in [-0.2, 0) is 47.9 Å². The molecule has 0 rings (SSSR count). The van der Waals surface area contributed by atoms with Crippen LogP contribution in [0.5, 0.6) is 0 Å². The molecule has 0 fully saturated rings. The normalized spacial score (nSPS) is 14.3. The van der Waals surface area contributed by atoms with E-state index in [0.717, 1.165) is 0 Å². The summed E-state index contributed by atoms with van der Waals surface area (Å²) in [6, 6.07) is -10.4. The van der Waals surface area contributed by atoms with Crippen molar-refractivity contribution in [1.29, 1.82) is 0 Å². The van der Waals surface area contributed by atoms with Gasteiger partial charge in [0.1, 0.15) is 42.3 Å². The largest absolute Gasteiger partial charge is 0.481 e. The third-order valence-corrected chi connectivity index (χ3v) is 10.2. The molecule has 8 amide bonds. The zero-order valence-corrected chi connectivity index (χ0v) is 40.5. The van der Waals surface area contributed by atoms with Crippen LogP contribution in [0.2, 0.25) is 0 Å². The maximum absolute atomic E-state index is 13.9. The van der Waals surface area contributed by atoms with Crippen molar-refractivity contribution >= 4 is 83.7 Å². The number of aliphatic imine (C=N–C) groups is 2. The first-order chi connectivity index (χ1) is 32.3. The lowest BCUT2D eigenvalue weighted by atomic mass is 10.0. The first-order valence-corrected chi connectivity index (χ1v) is 23.0. The summed E-state index contributed by atoms with van der Waals surface area (Å²) in [5.41, 5.74) is 33.2. The first-order valence-electron chi connectivity index (χ1n) is 22.3. The maximum atomic E-state index is 13.9. The van der Waals surface area contributed by atoms with Crippen molar-refractivity contribution in [2.45, 2.75) is 140 Å². The summed E-state index contributed by atoms with van der Waals surface area (Å²) in [5, 5.41) is 38.0. The minimum Gasteiger partial charge on any atom is -0.481 e. The van der Waals surface area contributed by atoms with E-state index in [2.05, 4.69) is 65.1 Å². The number of carbonyl (C=O) groups is 10. The smallest absolute Gasteiger partial charge is 0.327 e. The van der Waals surface area contributed by atoms with Crippen molar-refractivity contribution in [3.63, 3.8) is 0 Å². The fourth-order valence-corrected chi connectivity index (χ4v) is 6.33. The molecule has 0 aromatic carbocycles. The van der Waals surface area contributed by atoms with Crippen LogP contribution < -0.4 is 76.9 Å². The lowest BCUT2D eigenvalue weighted by molar-refractivity contribution is -0.141. The number of hydrogen-bond acceptors (Lipinski definition) is 15. The Kier molecular flexibility index (Phi) is 30.7. The fraction of sp³-hybridized carbons (Fsp3) is 0.700. The van der Waals surface area contributed by atoms with E-state index >= 15 is 0 Å². The van der Waals surface area contributed by atoms with Crippen molar-refractivity contribution < 1.29 is 58.2 Å². The highest BCUT2D eigenvalue weighted by atomic mass is 32.1. The van der Waals surface area contributed by atoms with E-state index in [-0.39, 0.29) is 75.3 Å². The van der Waals surface area contributed by atoms with E-state index in [1.165, 1.54) is 13.8 Å². The quantitative estimate of drug-likeness (QED) is 0.0122. The summed E-state index contributed by atoms with van der Waals surface area (Å²) in [6.07, 6.45) is 0.237. The van der Waals surface area contributed by atoms with Crippen LogP contribution in [0.1, 0.15) is 91.9 Å². The van der Waals surface area contributed by atoms with Crippen LogP contribution >= 0.6 is 12.6 Å². The topological polar surface area (TPSA) is 488 Å². The van der Waals surface area contributed by atoms with Gasteiger partial charge in [-0.3, -0.25) is 53.1 Å². The van der Waals surface area contributed by atoms with Gasteiger partial charge in [-0.05, 0) is 84.1 Å². The van der Waals surface area contributed by atoms with Crippen LogP contribution in [0.25, 0.3) is 0 Å². The van der Waals surface area contributed by atoms with E-state index < -0.39 is 127 Å². The second kappa shape index (κ2) is 33.9. The summed E-state index contributed by atoms with van der Waals surface area (Å²) >= 11 is 3.87. The molecule has 0 aliphatic rings. The SMILES string of the molecule is CC(C)C[C@H](N)C(=O)N[C@@H](CCCN=C(N)N)C(=O)N[C@@H](C)C(=O)N[C@@H](C)C(=O)N[C@@H](CCCN=C(N)N)C(=O)N[C@@H](CCC(=O)O)C(=O)N[C@@H](CCCCN)C(=O)NCC(=O)N[C@@H](CS)C(=O)O. The number of carboxylic acids is 2. The molecule has 0 spiro atoms. The number of nitrogens with zero attached hydrogens (tertiary/aromatic N) is 2. The van der Waals surface area contributed by atoms with E-state index in [9.17, 15) is 58.2 Å². The molecule has 0 heterocycles. The standard InChI is InChI=1S/C40H74N16O12S/c1-20(2)17-23(42)33(62)54-25(10-7-15-47-39(43)44)35(64)51-21(3)31(60)50-22(4)32(61)53-26(11-8-16-48-40(45)46)36(65)56-27(12-13-30(58)59)37(66)55-24(9-5-6-14-41)34(63)49-18-29(57)52-28(19-69)38(67)68/h20-28,69H,5-19,41-42H2,1-4H3,(H,49,63)(H,50,60)(H,51,64)(H,52,57)(H,53,61)(H,54,62)(H,55,66)(H,56,65)(H,58,59)(H,67,68)(H4,43,44,47)(H4,45,46,48)/t21-,22-,23-,24-,25-,26-,27-,28-/m0/s1. The lowest BCUT2D eigenvalue weighted by Crippen LogP contribution is -2.59. The number of amides is 8. The van der Waals surface area contributed by atoms with Gasteiger partial charge in [0.05, 0.1) is 12.6 Å². The van der Waals surface area contributed by atoms with Gasteiger partial charge in [0.2, 0.25) is 47.3 Å². The fourth-order valence-electron chi connectivity index (χ4n) is 6.08. The number of guanidine groups is 2. The van der Waals surface area contributed by atoms with Crippen LogP contribution in [0.15, 0.2) is 9.98 Å². The number of aliphatic carboxylic acids is 2. The molecular formula is C40H74N16O12S. The number of rotatable bonds is 35. The van der Waals surface area contributed by atoms with Gasteiger partial charge in [0, 0.05) is 25.3 Å². The van der Waals surface area contributed by atoms with Gasteiger partial charge in [-0.15, -0.1) is 0 Å². The van der Waals surface area contributed by atoms with Gasteiger partial charge in [0.15, 0.2) is 11.9 Å². The molecule has 0 aromatic rings. The highest BCUT2D eigenvalue weighted by molar-refractivity contribution is 7.80. The van der Waals surface area contributed by atoms with Crippen LogP contribution in [-0.4, -0.2) is 162 Å². The molecule has 0 unspecified atom stereocenters. The molecule has 29 heteroatoms. The highest BCUT2D eigenvalue weighted by Gasteiger charge is 2.32. The number of hydrogen-bond donors (Lipinski definition) is 17. The van der Waals surface area contributed by atoms with Gasteiger partial charge in [-0.25, -0.2) is 4.79 Å². The molecule has 0 aromatic heterocycles. The van der Waals surface area contributed by atoms with Gasteiger partial charge in [-0.2, -0.15) is 12.6 Å². The third kappa shape index (κ3) is 27.8. The second-order valence-corrected chi connectivity index (χ2v) is 16.8. The zero-order chi connectivity index (χ0) is 52.8. The Balaban J connectivity index is 6.24. The average molecular weight is 1000 g/mol. The Labute approximate surface area is 406 Å². The predicted molar refractivity (Wildman–Crippen MR) is 256 cm³/mol. The number of nitrogens with one attached hydrogen (secondary N) is 8. The first kappa shape index (κ1) is 62.5. The molecule has 0 saturated carbocycles. The van der Waals surface area contributed by atoms with Crippen LogP contribution in [0, 0.1) is 5.92 Å². The molecule has 0 radical (unpaired) electrons. The number of carbonyl (C=O) groups excluding carboxylic acids is 8. The molecule has 28 nitrogen and oxygen atoms in total. The average Bonchev–Trinajstić information content (AvgIpc) is 3.26. The molecule has 69 heavy (non-hydrogen) atoms. The Morgan fingerprint density at radius 1 is 0.536 bits per heavy atom. The molecule has 392 valence electrons. The highest BCUT2D eigenvalue weighted by Crippen LogP contribution is 2.09. The minimum atomic E-state index is -1.60. The molecule has 0 saturated heterocycles. The summed E-state index contributed by atoms with van der Waals surface area (Å²) in [5.74, 6) is -10.0. The lowest BCUT2D eigenvalue weighted by Gasteiger charge is -2.26. The van der Waals surface area contributed by atoms with Gasteiger partial charge in [-0.1, -0.05) is 13.8 Å². The molecule has 0 aliphatic carbocycles. The van der Waals surface area contributed by atoms with Crippen LogP contribution in [0.3, 0.4) is 0 Å². The number of carboxylic acid groups (broad SMARTS) is 2. The van der Waals surface area contributed by atoms with Gasteiger partial charge >= 0.3 is 11.9 Å². The van der Waals surface area contributed by atoms with Crippen LogP contribution in [0.4, 0.5) is 0 Å². The maximum Gasteiger partial charge on any atom is 0.327 e. The summed E-state index contributed by atoms with van der Waals surface area (Å²) in [7, 11) is 0. The molecule has 22 N–H and O–H groups in total. The Bertz CT molecular complexity index is 1800. The Hall–Kier alpha value is -6.49. The third-order valence-electron chi connectivity index (χ3n) is 9.82. The minimum absolute atomic E-state index is 0.00294. The van der Waals surface area contributed by atoms with Gasteiger partial charge < -0.3 is 87.1 Å². The van der Waals surface area contributed by atoms with Gasteiger partial charge in [0.25, 0.3) is 0 Å². The second-order valence-electron chi connectivity index (χ2n) is 16.4. The number of unbranched alkanes of at least 4 members (excludes halogenated alkanes) is 1. The molecular weight excluding hydrogens is 929 g/mol. The summed E-state index contributed by atoms with van der Waals surface area (Å²) < 4.78 is 0. The Morgan fingerprint density at radius 3 is 1.41 bits per heavy atom. The summed E-state index contributed by atoms with van der Waals surface area (Å²) in [4.78, 5) is 137. The summed E-state index contributed by atoms with van der Waals surface area (Å²) in [6.45, 7) is 6.05. The van der Waals surface area contributed by atoms with E-state index in [1.54, 1.807) is 0 Å². The van der Waals surface area contributed by atoms with E-state index in [0.29, 0.717) is 19.3 Å². The van der Waals surface area contributed by atoms with Crippen molar-refractivity contribution in [2.24, 2.45) is 50.3 Å². The predicted octanol–water partition coefficient (Wildman–Crippen LogP) is -5.98. The number of nitrogens with two attached hydrogens (primary N) is 6. The van der Waals surface area contributed by atoms with E-state index in [1.807, 2.05) is 13.8 Å². The molecule has 0 aliphatic heterocycles. The monoisotopic (exact) mass is 1000 g/mol. The van der Waals surface area contributed by atoms with Crippen molar-refractivity contribution in [1.82, 2.24) is 42.5 Å². The molecule has 8 atom stereocenters. The Morgan fingerprint density at radius 2 is 0.957 bits per heavy atom. The number of thiol groups is 1.